The molecule has 0 bridgehead atoms. The van der Waals surface area contributed by atoms with Gasteiger partial charge in [-0.25, -0.2) is 4.79 Å². The number of halogens is 6. The van der Waals surface area contributed by atoms with Crippen molar-refractivity contribution in [2.45, 2.75) is 36.6 Å². The molecule has 0 radical (unpaired) electrons. The first-order chi connectivity index (χ1) is 14.2. The molecule has 2 amide bonds. The number of hydrogen-bond donors (Lipinski definition) is 0. The van der Waals surface area contributed by atoms with E-state index in [1.54, 1.807) is 0 Å². The van der Waals surface area contributed by atoms with Gasteiger partial charge < -0.3 is 9.08 Å². The van der Waals surface area contributed by atoms with Crippen molar-refractivity contribution >= 4 is 21.8 Å². The number of likely N-dealkylation sites (N-methyl/N-ethyl adjacent to an activating group) is 1. The molecule has 1 fully saturated rings. The highest BCUT2D eigenvalue weighted by Gasteiger charge is 2.51. The monoisotopic (exact) mass is 469 g/mol. The summed E-state index contributed by atoms with van der Waals surface area (Å²) in [6.45, 7) is 0. The molecule has 0 N–H and O–H groups in total. The van der Waals surface area contributed by atoms with Crippen LogP contribution < -0.4 is 4.90 Å². The first-order valence-electron chi connectivity index (χ1n) is 8.56. The zero-order chi connectivity index (χ0) is 23.4. The standard InChI is InChI=1S/C17H13F6N3O4S/c1-25-14-7-11(30-31(28,29)17(21,22)23)4-5-13(14)26(15(25)27)10-3-2-9(8-24)12(6-10)16(18,19)20/h2-3,6-7,13-14H,4-5H2,1H3/t13-,14-/m0/s1. The summed E-state index contributed by atoms with van der Waals surface area (Å²) in [6.07, 6.45) is -4.18. The van der Waals surface area contributed by atoms with Gasteiger partial charge in [-0.15, -0.1) is 0 Å². The minimum atomic E-state index is -5.89. The number of urea groups is 1. The molecule has 2 aliphatic rings. The van der Waals surface area contributed by atoms with E-state index in [0.29, 0.717) is 6.07 Å². The highest BCUT2D eigenvalue weighted by molar-refractivity contribution is 7.87. The lowest BCUT2D eigenvalue weighted by Crippen LogP contribution is -2.39. The van der Waals surface area contributed by atoms with Gasteiger partial charge in [0.1, 0.15) is 5.76 Å². The summed E-state index contributed by atoms with van der Waals surface area (Å²) < 4.78 is 104. The van der Waals surface area contributed by atoms with E-state index in [9.17, 15) is 39.6 Å². The van der Waals surface area contributed by atoms with Crippen molar-refractivity contribution in [1.82, 2.24) is 4.90 Å². The highest BCUT2D eigenvalue weighted by Crippen LogP contribution is 2.40. The fourth-order valence-corrected chi connectivity index (χ4v) is 4.03. The van der Waals surface area contributed by atoms with Gasteiger partial charge in [0, 0.05) is 19.2 Å². The van der Waals surface area contributed by atoms with Crippen molar-refractivity contribution in [2.24, 2.45) is 0 Å². The second-order valence-corrected chi connectivity index (χ2v) is 8.35. The molecule has 14 heteroatoms. The van der Waals surface area contributed by atoms with Crippen molar-refractivity contribution < 1.29 is 43.7 Å². The van der Waals surface area contributed by atoms with Crippen LogP contribution in [0.15, 0.2) is 30.0 Å². The molecule has 7 nitrogen and oxygen atoms in total. The van der Waals surface area contributed by atoms with Crippen LogP contribution in [0.25, 0.3) is 0 Å². The molecule has 1 aliphatic carbocycles. The van der Waals surface area contributed by atoms with Gasteiger partial charge in [0.05, 0.1) is 29.3 Å². The zero-order valence-electron chi connectivity index (χ0n) is 15.5. The minimum absolute atomic E-state index is 0.0681. The molecule has 168 valence electrons. The van der Waals surface area contributed by atoms with Crippen molar-refractivity contribution in [3.8, 4) is 6.07 Å². The van der Waals surface area contributed by atoms with Crippen LogP contribution in [0.4, 0.5) is 36.8 Å². The SMILES string of the molecule is CN1C(=O)N(c2ccc(C#N)c(C(F)(F)F)c2)[C@H]2CCC(OS(=O)(=O)C(F)(F)F)=C[C@@H]21. The number of allylic oxidation sites excluding steroid dienone is 1. The Kier molecular flexibility index (Phi) is 5.37. The summed E-state index contributed by atoms with van der Waals surface area (Å²) in [5.74, 6) is -0.518. The Morgan fingerprint density at radius 1 is 1.19 bits per heavy atom. The van der Waals surface area contributed by atoms with Gasteiger partial charge in [0.25, 0.3) is 0 Å². The maximum absolute atomic E-state index is 13.3. The van der Waals surface area contributed by atoms with Crippen molar-refractivity contribution in [1.29, 1.82) is 5.26 Å². The summed E-state index contributed by atoms with van der Waals surface area (Å²) in [5.41, 5.74) is -7.66. The average Bonchev–Trinajstić information content (AvgIpc) is 2.90. The Hall–Kier alpha value is -2.95. The highest BCUT2D eigenvalue weighted by atomic mass is 32.2. The Morgan fingerprint density at radius 2 is 1.84 bits per heavy atom. The van der Waals surface area contributed by atoms with Crippen molar-refractivity contribution in [3.05, 3.63) is 41.2 Å². The normalized spacial score (nSPS) is 22.1. The summed E-state index contributed by atoms with van der Waals surface area (Å²) in [7, 11) is -4.62. The van der Waals surface area contributed by atoms with Crippen LogP contribution in [0.2, 0.25) is 0 Å². The van der Waals surface area contributed by atoms with E-state index in [-0.39, 0.29) is 18.5 Å². The average molecular weight is 469 g/mol. The molecule has 1 aliphatic heterocycles. The number of carbonyl (C=O) groups is 1. The number of nitrogens with zero attached hydrogens (tertiary/aromatic N) is 3. The van der Waals surface area contributed by atoms with Crippen LogP contribution >= 0.6 is 0 Å². The largest absolute Gasteiger partial charge is 0.534 e. The predicted molar refractivity (Wildman–Crippen MR) is 92.7 cm³/mol. The number of amides is 2. The summed E-state index contributed by atoms with van der Waals surface area (Å²) in [4.78, 5) is 14.8. The van der Waals surface area contributed by atoms with Gasteiger partial charge in [-0.05, 0) is 30.7 Å². The number of rotatable bonds is 3. The van der Waals surface area contributed by atoms with E-state index in [4.69, 9.17) is 5.26 Å². The van der Waals surface area contributed by atoms with Gasteiger partial charge in [-0.3, -0.25) is 4.90 Å². The predicted octanol–water partition coefficient (Wildman–Crippen LogP) is 3.73. The molecular formula is C17H13F6N3O4S. The molecule has 1 aromatic carbocycles. The second kappa shape index (κ2) is 7.33. The molecule has 0 saturated carbocycles. The molecule has 31 heavy (non-hydrogen) atoms. The van der Waals surface area contributed by atoms with Crippen LogP contribution in [0.5, 0.6) is 0 Å². The van der Waals surface area contributed by atoms with E-state index in [1.807, 2.05) is 0 Å². The third-order valence-corrected chi connectivity index (χ3v) is 5.93. The van der Waals surface area contributed by atoms with Gasteiger partial charge in [0.2, 0.25) is 0 Å². The lowest BCUT2D eigenvalue weighted by molar-refractivity contribution is -0.137. The topological polar surface area (TPSA) is 90.7 Å². The number of benzene rings is 1. The first-order valence-corrected chi connectivity index (χ1v) is 9.97. The Balaban J connectivity index is 1.96. The Morgan fingerprint density at radius 3 is 2.39 bits per heavy atom. The second-order valence-electron chi connectivity index (χ2n) is 6.82. The fraction of sp³-hybridized carbons (Fsp3) is 0.412. The summed E-state index contributed by atoms with van der Waals surface area (Å²) in [6, 6.07) is 1.68. The lowest BCUT2D eigenvalue weighted by Gasteiger charge is -2.30. The van der Waals surface area contributed by atoms with E-state index in [2.05, 4.69) is 4.18 Å². The maximum Gasteiger partial charge on any atom is 0.534 e. The van der Waals surface area contributed by atoms with Crippen LogP contribution in [0.1, 0.15) is 24.0 Å². The maximum atomic E-state index is 13.3. The Labute approximate surface area is 172 Å². The molecule has 1 saturated heterocycles. The summed E-state index contributed by atoms with van der Waals surface area (Å²) in [5, 5.41) is 8.91. The van der Waals surface area contributed by atoms with Crippen LogP contribution in [-0.2, 0) is 20.5 Å². The third-order valence-electron chi connectivity index (χ3n) is 4.93. The van der Waals surface area contributed by atoms with E-state index < -0.39 is 56.8 Å². The molecule has 1 aromatic rings. The molecule has 1 heterocycles. The molecule has 3 rings (SSSR count). The lowest BCUT2D eigenvalue weighted by atomic mass is 9.94. The molecule has 0 aromatic heterocycles. The fourth-order valence-electron chi connectivity index (χ4n) is 3.51. The van der Waals surface area contributed by atoms with Crippen LogP contribution in [-0.4, -0.2) is 44.0 Å². The number of anilines is 1. The van der Waals surface area contributed by atoms with Gasteiger partial charge in [-0.1, -0.05) is 0 Å². The number of carbonyl (C=O) groups excluding carboxylic acids is 1. The minimum Gasteiger partial charge on any atom is -0.381 e. The van der Waals surface area contributed by atoms with Crippen LogP contribution in [0.3, 0.4) is 0 Å². The molecule has 0 unspecified atom stereocenters. The van der Waals surface area contributed by atoms with Crippen molar-refractivity contribution in [2.75, 3.05) is 11.9 Å². The molecule has 0 spiro atoms. The number of fused-ring (bicyclic) bond motifs is 1. The van der Waals surface area contributed by atoms with Gasteiger partial charge in [0.15, 0.2) is 0 Å². The van der Waals surface area contributed by atoms with Crippen LogP contribution in [0, 0.1) is 11.3 Å². The number of nitriles is 1. The van der Waals surface area contributed by atoms with E-state index >= 15 is 0 Å². The summed E-state index contributed by atoms with van der Waals surface area (Å²) >= 11 is 0. The quantitative estimate of drug-likeness (QED) is 0.382. The first kappa shape index (κ1) is 22.7. The van der Waals surface area contributed by atoms with Gasteiger partial charge in [-0.2, -0.15) is 40.0 Å². The number of hydrogen-bond acceptors (Lipinski definition) is 5. The smallest absolute Gasteiger partial charge is 0.381 e. The van der Waals surface area contributed by atoms with Gasteiger partial charge >= 0.3 is 27.8 Å². The third kappa shape index (κ3) is 4.01. The zero-order valence-corrected chi connectivity index (χ0v) is 16.3. The Bertz CT molecular complexity index is 1090. The number of alkyl halides is 6. The molecular weight excluding hydrogens is 456 g/mol. The van der Waals surface area contributed by atoms with Crippen molar-refractivity contribution in [3.63, 3.8) is 0 Å². The van der Waals surface area contributed by atoms with E-state index in [0.717, 1.165) is 28.0 Å². The molecule has 2 atom stereocenters. The van der Waals surface area contributed by atoms with E-state index in [1.165, 1.54) is 13.1 Å².